The van der Waals surface area contributed by atoms with E-state index in [4.69, 9.17) is 0 Å². The molecule has 0 spiro atoms. The van der Waals surface area contributed by atoms with Crippen molar-refractivity contribution in [1.82, 2.24) is 0 Å². The van der Waals surface area contributed by atoms with Gasteiger partial charge in [-0.25, -0.2) is 0 Å². The zero-order valence-corrected chi connectivity index (χ0v) is 13.9. The fourth-order valence-corrected chi connectivity index (χ4v) is 3.01. The highest BCUT2D eigenvalue weighted by Gasteiger charge is 2.11. The predicted octanol–water partition coefficient (Wildman–Crippen LogP) is 5.53. The lowest BCUT2D eigenvalue weighted by atomic mass is 10.0. The Bertz CT molecular complexity index is 665. The number of rotatable bonds is 6. The number of allylic oxidation sites excluding steroid dienone is 3. The summed E-state index contributed by atoms with van der Waals surface area (Å²) in [6.45, 7) is 4.16. The SMILES string of the molecule is CCc1ccc(N(CC2=CC=CCC2)Cc2ccccc2)cc1. The number of hydrogen-bond acceptors (Lipinski definition) is 1. The molecule has 2 aromatic carbocycles. The van der Waals surface area contributed by atoms with Crippen molar-refractivity contribution in [1.29, 1.82) is 0 Å². The summed E-state index contributed by atoms with van der Waals surface area (Å²) in [5, 5.41) is 0. The minimum atomic E-state index is 0.952. The van der Waals surface area contributed by atoms with Crippen molar-refractivity contribution in [3.8, 4) is 0 Å². The molecule has 0 N–H and O–H groups in total. The molecule has 0 amide bonds. The maximum Gasteiger partial charge on any atom is 0.0433 e. The summed E-state index contributed by atoms with van der Waals surface area (Å²) in [5.41, 5.74) is 5.58. The molecule has 0 radical (unpaired) electrons. The van der Waals surface area contributed by atoms with E-state index in [1.165, 1.54) is 35.2 Å². The van der Waals surface area contributed by atoms with E-state index < -0.39 is 0 Å². The van der Waals surface area contributed by atoms with Crippen LogP contribution < -0.4 is 4.90 Å². The molecule has 0 unspecified atom stereocenters. The normalized spacial score (nSPS) is 13.7. The minimum absolute atomic E-state index is 0.952. The molecular formula is C22H25N. The molecule has 0 bridgehead atoms. The van der Waals surface area contributed by atoms with E-state index in [-0.39, 0.29) is 0 Å². The van der Waals surface area contributed by atoms with E-state index in [0.717, 1.165) is 19.5 Å². The minimum Gasteiger partial charge on any atom is -0.363 e. The third-order valence-electron chi connectivity index (χ3n) is 4.42. The smallest absolute Gasteiger partial charge is 0.0433 e. The molecule has 3 rings (SSSR count). The Morgan fingerprint density at radius 3 is 2.30 bits per heavy atom. The van der Waals surface area contributed by atoms with Crippen LogP contribution in [0, 0.1) is 0 Å². The first-order chi connectivity index (χ1) is 11.3. The molecule has 0 aromatic heterocycles. The molecule has 1 heteroatoms. The molecule has 0 saturated carbocycles. The molecule has 1 aliphatic carbocycles. The van der Waals surface area contributed by atoms with Gasteiger partial charge in [0.2, 0.25) is 0 Å². The molecule has 0 heterocycles. The van der Waals surface area contributed by atoms with Crippen LogP contribution in [0.1, 0.15) is 30.9 Å². The van der Waals surface area contributed by atoms with Gasteiger partial charge in [-0.1, -0.05) is 73.2 Å². The first-order valence-corrected chi connectivity index (χ1v) is 8.57. The van der Waals surface area contributed by atoms with Crippen LogP contribution in [-0.4, -0.2) is 6.54 Å². The van der Waals surface area contributed by atoms with Gasteiger partial charge in [0.15, 0.2) is 0 Å². The second-order valence-corrected chi connectivity index (χ2v) is 6.15. The Labute approximate surface area is 140 Å². The summed E-state index contributed by atoms with van der Waals surface area (Å²) in [6.07, 6.45) is 10.2. The number of nitrogens with zero attached hydrogens (tertiary/aromatic N) is 1. The average Bonchev–Trinajstić information content (AvgIpc) is 2.63. The maximum atomic E-state index is 2.49. The largest absolute Gasteiger partial charge is 0.363 e. The van der Waals surface area contributed by atoms with Gasteiger partial charge in [0.25, 0.3) is 0 Å². The molecule has 0 fully saturated rings. The summed E-state index contributed by atoms with van der Waals surface area (Å²) < 4.78 is 0. The highest BCUT2D eigenvalue weighted by atomic mass is 15.1. The molecular weight excluding hydrogens is 278 g/mol. The van der Waals surface area contributed by atoms with E-state index in [0.29, 0.717) is 0 Å². The Morgan fingerprint density at radius 2 is 1.65 bits per heavy atom. The highest BCUT2D eigenvalue weighted by Crippen LogP contribution is 2.22. The zero-order valence-electron chi connectivity index (χ0n) is 13.9. The lowest BCUT2D eigenvalue weighted by molar-refractivity contribution is 0.802. The molecule has 2 aromatic rings. The van der Waals surface area contributed by atoms with Crippen LogP contribution in [0.15, 0.2) is 78.4 Å². The molecule has 1 aliphatic rings. The van der Waals surface area contributed by atoms with Crippen molar-refractivity contribution in [2.45, 2.75) is 32.7 Å². The predicted molar refractivity (Wildman–Crippen MR) is 99.8 cm³/mol. The lowest BCUT2D eigenvalue weighted by Gasteiger charge is -2.27. The van der Waals surface area contributed by atoms with Gasteiger partial charge in [-0.3, -0.25) is 0 Å². The second kappa shape index (κ2) is 7.82. The topological polar surface area (TPSA) is 3.24 Å². The van der Waals surface area contributed by atoms with Crippen molar-refractivity contribution in [3.05, 3.63) is 89.5 Å². The molecule has 0 aliphatic heterocycles. The van der Waals surface area contributed by atoms with E-state index in [2.05, 4.69) is 84.6 Å². The number of hydrogen-bond donors (Lipinski definition) is 0. The summed E-state index contributed by atoms with van der Waals surface area (Å²) >= 11 is 0. The van der Waals surface area contributed by atoms with E-state index in [1.807, 2.05) is 0 Å². The van der Waals surface area contributed by atoms with Crippen LogP contribution in [0.3, 0.4) is 0 Å². The Balaban J connectivity index is 1.82. The van der Waals surface area contributed by atoms with E-state index in [1.54, 1.807) is 0 Å². The molecule has 23 heavy (non-hydrogen) atoms. The highest BCUT2D eigenvalue weighted by molar-refractivity contribution is 5.50. The molecule has 0 atom stereocenters. The average molecular weight is 303 g/mol. The first-order valence-electron chi connectivity index (χ1n) is 8.57. The van der Waals surface area contributed by atoms with Crippen molar-refractivity contribution in [3.63, 3.8) is 0 Å². The van der Waals surface area contributed by atoms with Crippen molar-refractivity contribution >= 4 is 5.69 Å². The van der Waals surface area contributed by atoms with Gasteiger partial charge in [-0.2, -0.15) is 0 Å². The van der Waals surface area contributed by atoms with Crippen LogP contribution in [0.5, 0.6) is 0 Å². The maximum absolute atomic E-state index is 2.49. The van der Waals surface area contributed by atoms with Crippen LogP contribution in [-0.2, 0) is 13.0 Å². The van der Waals surface area contributed by atoms with Gasteiger partial charge < -0.3 is 4.90 Å². The number of aryl methyl sites for hydroxylation is 1. The Hall–Kier alpha value is -2.28. The zero-order chi connectivity index (χ0) is 15.9. The van der Waals surface area contributed by atoms with Gasteiger partial charge in [-0.15, -0.1) is 0 Å². The van der Waals surface area contributed by atoms with Gasteiger partial charge in [0, 0.05) is 18.8 Å². The Kier molecular flexibility index (Phi) is 5.31. The fraction of sp³-hybridized carbons (Fsp3) is 0.273. The quantitative estimate of drug-likeness (QED) is 0.678. The lowest BCUT2D eigenvalue weighted by Crippen LogP contribution is -2.25. The summed E-state index contributed by atoms with van der Waals surface area (Å²) in [6, 6.07) is 19.8. The second-order valence-electron chi connectivity index (χ2n) is 6.15. The van der Waals surface area contributed by atoms with Crippen molar-refractivity contribution in [2.75, 3.05) is 11.4 Å². The van der Waals surface area contributed by atoms with Crippen molar-refractivity contribution < 1.29 is 0 Å². The van der Waals surface area contributed by atoms with Crippen molar-refractivity contribution in [2.24, 2.45) is 0 Å². The summed E-state index contributed by atoms with van der Waals surface area (Å²) in [7, 11) is 0. The van der Waals surface area contributed by atoms with Gasteiger partial charge in [0.1, 0.15) is 0 Å². The first kappa shape index (κ1) is 15.6. The molecule has 1 nitrogen and oxygen atoms in total. The Morgan fingerprint density at radius 1 is 0.870 bits per heavy atom. The monoisotopic (exact) mass is 303 g/mol. The number of benzene rings is 2. The third-order valence-corrected chi connectivity index (χ3v) is 4.42. The van der Waals surface area contributed by atoms with Crippen LogP contribution in [0.2, 0.25) is 0 Å². The molecule has 118 valence electrons. The van der Waals surface area contributed by atoms with E-state index >= 15 is 0 Å². The fourth-order valence-electron chi connectivity index (χ4n) is 3.01. The third kappa shape index (κ3) is 4.35. The standard InChI is InChI=1S/C22H25N/c1-2-19-13-15-22(16-14-19)23(17-20-9-5-3-6-10-20)18-21-11-7-4-8-12-21/h3-7,9-11,13-16H,2,8,12,17-18H2,1H3. The van der Waals surface area contributed by atoms with Gasteiger partial charge in [0.05, 0.1) is 0 Å². The van der Waals surface area contributed by atoms with Crippen LogP contribution in [0.4, 0.5) is 5.69 Å². The van der Waals surface area contributed by atoms with E-state index in [9.17, 15) is 0 Å². The van der Waals surface area contributed by atoms with Gasteiger partial charge >= 0.3 is 0 Å². The van der Waals surface area contributed by atoms with Gasteiger partial charge in [-0.05, 0) is 42.5 Å². The molecule has 0 saturated heterocycles. The van der Waals surface area contributed by atoms with Crippen LogP contribution >= 0.6 is 0 Å². The number of anilines is 1. The summed E-state index contributed by atoms with van der Waals surface area (Å²) in [5.74, 6) is 0. The van der Waals surface area contributed by atoms with Crippen LogP contribution in [0.25, 0.3) is 0 Å². The summed E-state index contributed by atoms with van der Waals surface area (Å²) in [4.78, 5) is 2.49.